The van der Waals surface area contributed by atoms with Crippen molar-refractivity contribution >= 4 is 27.7 Å². The number of hydrogen-bond donors (Lipinski definition) is 1. The topological polar surface area (TPSA) is 68.9 Å². The molecule has 2 aromatic heterocycles. The summed E-state index contributed by atoms with van der Waals surface area (Å²) < 4.78 is 3.83. The van der Waals surface area contributed by atoms with Crippen LogP contribution in [0.2, 0.25) is 0 Å². The number of carbonyl (C=O) groups excluding carboxylic acids is 1. The normalized spacial score (nSPS) is 11.2. The van der Waals surface area contributed by atoms with Gasteiger partial charge in [0.15, 0.2) is 5.43 Å². The fourth-order valence-electron chi connectivity index (χ4n) is 4.92. The van der Waals surface area contributed by atoms with E-state index in [1.165, 1.54) is 0 Å². The number of carbonyl (C=O) groups is 1. The number of nitrogens with zero attached hydrogens (tertiary/aromatic N) is 3. The Morgan fingerprint density at radius 1 is 0.737 bits per heavy atom. The zero-order valence-corrected chi connectivity index (χ0v) is 20.7. The van der Waals surface area contributed by atoms with Gasteiger partial charge in [-0.15, -0.1) is 0 Å². The molecule has 2 heterocycles. The summed E-state index contributed by atoms with van der Waals surface area (Å²) in [6.45, 7) is 1.08. The van der Waals surface area contributed by atoms with E-state index >= 15 is 0 Å². The van der Waals surface area contributed by atoms with E-state index in [-0.39, 0.29) is 17.9 Å². The Morgan fingerprint density at radius 2 is 1.32 bits per heavy atom. The molecule has 0 aliphatic rings. The first-order chi connectivity index (χ1) is 18.7. The number of fused-ring (bicyclic) bond motifs is 2. The van der Waals surface area contributed by atoms with Crippen LogP contribution in [0.5, 0.6) is 0 Å². The van der Waals surface area contributed by atoms with E-state index in [9.17, 15) is 9.59 Å². The monoisotopic (exact) mass is 498 g/mol. The molecule has 1 N–H and O–H groups in total. The van der Waals surface area contributed by atoms with E-state index in [0.717, 1.165) is 33.4 Å². The van der Waals surface area contributed by atoms with Crippen molar-refractivity contribution < 1.29 is 4.79 Å². The highest BCUT2D eigenvalue weighted by atomic mass is 16.2. The van der Waals surface area contributed by atoms with E-state index in [4.69, 9.17) is 5.10 Å². The van der Waals surface area contributed by atoms with Gasteiger partial charge in [0.05, 0.1) is 23.3 Å². The van der Waals surface area contributed by atoms with Gasteiger partial charge < -0.3 is 9.88 Å². The Bertz CT molecular complexity index is 1740. The minimum Gasteiger partial charge on any atom is -0.350 e. The molecular formula is C32H26N4O2. The molecule has 6 heteroatoms. The van der Waals surface area contributed by atoms with Gasteiger partial charge in [-0.25, -0.2) is 0 Å². The number of rotatable bonds is 7. The van der Waals surface area contributed by atoms with Crippen LogP contribution in [0, 0.1) is 0 Å². The van der Waals surface area contributed by atoms with E-state index in [1.54, 1.807) is 0 Å². The summed E-state index contributed by atoms with van der Waals surface area (Å²) in [5.74, 6) is -0.140. The van der Waals surface area contributed by atoms with Gasteiger partial charge in [-0.3, -0.25) is 14.3 Å². The Morgan fingerprint density at radius 3 is 1.97 bits per heavy atom. The zero-order valence-electron chi connectivity index (χ0n) is 20.7. The predicted octanol–water partition coefficient (Wildman–Crippen LogP) is 5.38. The Kier molecular flexibility index (Phi) is 6.28. The molecule has 0 atom stereocenters. The summed E-state index contributed by atoms with van der Waals surface area (Å²) in [5.41, 5.74) is 5.41. The fraction of sp³-hybridized carbons (Fsp3) is 0.0938. The van der Waals surface area contributed by atoms with Crippen molar-refractivity contribution in [2.75, 3.05) is 0 Å². The summed E-state index contributed by atoms with van der Waals surface area (Å²) in [6, 6.07) is 35.0. The van der Waals surface area contributed by atoms with E-state index in [1.807, 2.05) is 113 Å². The number of benzene rings is 4. The molecule has 6 nitrogen and oxygen atoms in total. The lowest BCUT2D eigenvalue weighted by Crippen LogP contribution is -2.28. The van der Waals surface area contributed by atoms with Gasteiger partial charge in [-0.1, -0.05) is 84.9 Å². The smallest absolute Gasteiger partial charge is 0.240 e. The molecule has 6 rings (SSSR count). The Balaban J connectivity index is 1.29. The molecule has 0 radical (unpaired) electrons. The largest absolute Gasteiger partial charge is 0.350 e. The van der Waals surface area contributed by atoms with Gasteiger partial charge >= 0.3 is 0 Å². The summed E-state index contributed by atoms with van der Waals surface area (Å²) in [7, 11) is 0. The molecule has 4 aromatic carbocycles. The van der Waals surface area contributed by atoms with Crippen LogP contribution in [0.3, 0.4) is 0 Å². The lowest BCUT2D eigenvalue weighted by Gasteiger charge is -2.15. The highest BCUT2D eigenvalue weighted by Gasteiger charge is 2.15. The molecule has 0 unspecified atom stereocenters. The second-order valence-electron chi connectivity index (χ2n) is 9.28. The maximum absolute atomic E-state index is 13.3. The molecular weight excluding hydrogens is 472 g/mol. The van der Waals surface area contributed by atoms with Crippen molar-refractivity contribution in [2.24, 2.45) is 0 Å². The van der Waals surface area contributed by atoms with Crippen molar-refractivity contribution in [1.29, 1.82) is 0 Å². The number of hydrogen-bond acceptors (Lipinski definition) is 3. The second kappa shape index (κ2) is 10.2. The SMILES string of the molecule is O=C(Cn1c2ccccc2c(=O)c2ccccc21)NCc1cn(Cc2ccccc2)nc1-c1ccccc1. The number of amides is 1. The highest BCUT2D eigenvalue weighted by Crippen LogP contribution is 2.23. The van der Waals surface area contributed by atoms with Crippen molar-refractivity contribution in [3.05, 3.63) is 137 Å². The Labute approximate surface area is 219 Å². The Hall–Kier alpha value is -4.97. The molecule has 6 aromatic rings. The van der Waals surface area contributed by atoms with Gasteiger partial charge in [0.25, 0.3) is 0 Å². The van der Waals surface area contributed by atoms with Crippen LogP contribution in [0.4, 0.5) is 0 Å². The summed E-state index contributed by atoms with van der Waals surface area (Å²) in [6.07, 6.45) is 2.00. The third-order valence-electron chi connectivity index (χ3n) is 6.73. The molecule has 0 spiro atoms. The van der Waals surface area contributed by atoms with Gasteiger partial charge in [-0.2, -0.15) is 5.10 Å². The van der Waals surface area contributed by atoms with Crippen molar-refractivity contribution in [3.8, 4) is 11.3 Å². The molecule has 0 bridgehead atoms. The average molecular weight is 499 g/mol. The fourth-order valence-corrected chi connectivity index (χ4v) is 4.92. The van der Waals surface area contributed by atoms with E-state index in [0.29, 0.717) is 23.9 Å². The minimum atomic E-state index is -0.140. The third-order valence-corrected chi connectivity index (χ3v) is 6.73. The van der Waals surface area contributed by atoms with E-state index in [2.05, 4.69) is 17.4 Å². The van der Waals surface area contributed by atoms with Crippen LogP contribution in [0.25, 0.3) is 33.1 Å². The van der Waals surface area contributed by atoms with Crippen LogP contribution < -0.4 is 10.7 Å². The molecule has 0 saturated heterocycles. The summed E-state index contributed by atoms with van der Waals surface area (Å²) >= 11 is 0. The van der Waals surface area contributed by atoms with Crippen molar-refractivity contribution in [1.82, 2.24) is 19.7 Å². The quantitative estimate of drug-likeness (QED) is 0.300. The number of nitrogens with one attached hydrogen (secondary N) is 1. The number of pyridine rings is 1. The molecule has 1 amide bonds. The predicted molar refractivity (Wildman–Crippen MR) is 151 cm³/mol. The van der Waals surface area contributed by atoms with Gasteiger partial charge in [0, 0.05) is 34.6 Å². The van der Waals surface area contributed by atoms with Crippen LogP contribution in [0.15, 0.2) is 120 Å². The first-order valence-electron chi connectivity index (χ1n) is 12.6. The first kappa shape index (κ1) is 23.4. The van der Waals surface area contributed by atoms with E-state index < -0.39 is 0 Å². The average Bonchev–Trinajstić information content (AvgIpc) is 3.37. The standard InChI is InChI=1S/C32H26N4O2/c37-30(22-36-28-17-9-7-15-26(28)32(38)27-16-8-10-18-29(27)36)33-19-25-21-35(20-23-11-3-1-4-12-23)34-31(25)24-13-5-2-6-14-24/h1-18,21H,19-20,22H2,(H,33,37). The first-order valence-corrected chi connectivity index (χ1v) is 12.6. The summed E-state index contributed by atoms with van der Waals surface area (Å²) in [4.78, 5) is 26.3. The van der Waals surface area contributed by atoms with Crippen LogP contribution in [0.1, 0.15) is 11.1 Å². The maximum atomic E-state index is 13.3. The minimum absolute atomic E-state index is 0.0220. The number of aromatic nitrogens is 3. The molecule has 0 saturated carbocycles. The molecule has 0 aliphatic carbocycles. The number of para-hydroxylation sites is 2. The highest BCUT2D eigenvalue weighted by molar-refractivity contribution is 5.94. The van der Waals surface area contributed by atoms with Crippen LogP contribution in [-0.4, -0.2) is 20.3 Å². The molecule has 0 aliphatic heterocycles. The van der Waals surface area contributed by atoms with Gasteiger partial charge in [-0.05, 0) is 29.8 Å². The van der Waals surface area contributed by atoms with Crippen LogP contribution >= 0.6 is 0 Å². The molecule has 0 fully saturated rings. The van der Waals surface area contributed by atoms with Crippen molar-refractivity contribution in [2.45, 2.75) is 19.6 Å². The lowest BCUT2D eigenvalue weighted by atomic mass is 10.1. The maximum Gasteiger partial charge on any atom is 0.240 e. The third kappa shape index (κ3) is 4.60. The van der Waals surface area contributed by atoms with Crippen LogP contribution in [-0.2, 0) is 24.4 Å². The molecule has 186 valence electrons. The lowest BCUT2D eigenvalue weighted by molar-refractivity contribution is -0.121. The van der Waals surface area contributed by atoms with Gasteiger partial charge in [0.1, 0.15) is 6.54 Å². The zero-order chi connectivity index (χ0) is 25.9. The molecule has 38 heavy (non-hydrogen) atoms. The second-order valence-corrected chi connectivity index (χ2v) is 9.28. The van der Waals surface area contributed by atoms with Gasteiger partial charge in [0.2, 0.25) is 5.91 Å². The van der Waals surface area contributed by atoms with Crippen molar-refractivity contribution in [3.63, 3.8) is 0 Å². The summed E-state index contributed by atoms with van der Waals surface area (Å²) in [5, 5.41) is 9.15.